The fourth-order valence-corrected chi connectivity index (χ4v) is 3.06. The largest absolute Gasteiger partial charge is 0.440 e. The Labute approximate surface area is 147 Å². The number of allylic oxidation sites excluding steroid dienone is 5. The van der Waals surface area contributed by atoms with Crippen LogP contribution in [-0.4, -0.2) is 26.3 Å². The molecule has 0 unspecified atom stereocenters. The minimum Gasteiger partial charge on any atom is -0.440 e. The number of anilines is 1. The lowest BCUT2D eigenvalue weighted by atomic mass is 10.0. The highest BCUT2D eigenvalue weighted by molar-refractivity contribution is 5.92. The number of nitrogens with zero attached hydrogens (tertiary/aromatic N) is 1. The van der Waals surface area contributed by atoms with E-state index >= 15 is 0 Å². The maximum absolute atomic E-state index is 12.6. The molecular formula is C21H23NO3. The van der Waals surface area contributed by atoms with Crippen LogP contribution < -0.4 is 10.3 Å². The van der Waals surface area contributed by atoms with Crippen LogP contribution in [0, 0.1) is 0 Å². The Morgan fingerprint density at radius 2 is 2.16 bits per heavy atom. The summed E-state index contributed by atoms with van der Waals surface area (Å²) in [6.45, 7) is 8.67. The van der Waals surface area contributed by atoms with Crippen molar-refractivity contribution in [2.45, 2.75) is 13.3 Å². The summed E-state index contributed by atoms with van der Waals surface area (Å²) in [7, 11) is 0. The third kappa shape index (κ3) is 3.74. The summed E-state index contributed by atoms with van der Waals surface area (Å²) < 4.78 is 11.7. The molecule has 1 fully saturated rings. The Hall–Kier alpha value is -2.59. The molecule has 1 aromatic carbocycles. The minimum atomic E-state index is -0.0262. The van der Waals surface area contributed by atoms with Crippen molar-refractivity contribution >= 4 is 22.4 Å². The molecule has 0 spiro atoms. The zero-order valence-electron chi connectivity index (χ0n) is 14.5. The molecule has 1 aromatic heterocycles. The lowest BCUT2D eigenvalue weighted by Crippen LogP contribution is -2.26. The normalized spacial score (nSPS) is 16.4. The molecule has 1 aliphatic heterocycles. The topological polar surface area (TPSA) is 42.7 Å². The van der Waals surface area contributed by atoms with Crippen molar-refractivity contribution in [1.82, 2.24) is 0 Å². The molecule has 3 rings (SSSR count). The van der Waals surface area contributed by atoms with Crippen molar-refractivity contribution in [3.63, 3.8) is 0 Å². The zero-order valence-corrected chi connectivity index (χ0v) is 14.5. The molecule has 130 valence electrons. The molecule has 2 heterocycles. The van der Waals surface area contributed by atoms with E-state index in [1.807, 2.05) is 37.3 Å². The van der Waals surface area contributed by atoms with Crippen molar-refractivity contribution in [3.8, 4) is 0 Å². The van der Waals surface area contributed by atoms with E-state index in [9.17, 15) is 4.79 Å². The first-order valence-electron chi connectivity index (χ1n) is 8.60. The molecule has 0 amide bonds. The molecule has 0 radical (unpaired) electrons. The van der Waals surface area contributed by atoms with Gasteiger partial charge in [0.2, 0.25) is 0 Å². The number of fused-ring (bicyclic) bond motifs is 1. The van der Waals surface area contributed by atoms with E-state index in [1.54, 1.807) is 18.2 Å². The fourth-order valence-electron chi connectivity index (χ4n) is 3.06. The van der Waals surface area contributed by atoms with Gasteiger partial charge in [0.15, 0.2) is 11.3 Å². The predicted molar refractivity (Wildman–Crippen MR) is 103 cm³/mol. The fraction of sp³-hybridized carbons (Fsp3) is 0.286. The highest BCUT2D eigenvalue weighted by Gasteiger charge is 2.16. The molecule has 1 aliphatic rings. The van der Waals surface area contributed by atoms with Crippen LogP contribution in [0.15, 0.2) is 64.4 Å². The maximum Gasteiger partial charge on any atom is 0.200 e. The predicted octanol–water partition coefficient (Wildman–Crippen LogP) is 4.17. The maximum atomic E-state index is 12.6. The van der Waals surface area contributed by atoms with Crippen molar-refractivity contribution in [2.75, 3.05) is 31.2 Å². The highest BCUT2D eigenvalue weighted by Crippen LogP contribution is 2.28. The van der Waals surface area contributed by atoms with E-state index in [0.717, 1.165) is 37.3 Å². The van der Waals surface area contributed by atoms with E-state index in [0.29, 0.717) is 23.5 Å². The van der Waals surface area contributed by atoms with Gasteiger partial charge in [0.25, 0.3) is 0 Å². The van der Waals surface area contributed by atoms with Crippen molar-refractivity contribution < 1.29 is 9.15 Å². The molecule has 2 aromatic rings. The van der Waals surface area contributed by atoms with Gasteiger partial charge >= 0.3 is 0 Å². The third-order valence-corrected chi connectivity index (χ3v) is 4.23. The number of hydrogen-bond donors (Lipinski definition) is 0. The van der Waals surface area contributed by atoms with E-state index in [-0.39, 0.29) is 5.43 Å². The Kier molecular flexibility index (Phi) is 5.51. The minimum absolute atomic E-state index is 0.0262. The van der Waals surface area contributed by atoms with Gasteiger partial charge in [-0.25, -0.2) is 0 Å². The van der Waals surface area contributed by atoms with Gasteiger partial charge in [0.05, 0.1) is 12.0 Å². The van der Waals surface area contributed by atoms with E-state index in [4.69, 9.17) is 9.15 Å². The Morgan fingerprint density at radius 1 is 1.28 bits per heavy atom. The van der Waals surface area contributed by atoms with Crippen molar-refractivity contribution in [3.05, 3.63) is 70.9 Å². The highest BCUT2D eigenvalue weighted by atomic mass is 16.5. The molecule has 0 saturated carbocycles. The molecule has 4 nitrogen and oxygen atoms in total. The first kappa shape index (κ1) is 17.2. The van der Waals surface area contributed by atoms with Crippen LogP contribution in [-0.2, 0) is 4.74 Å². The molecule has 1 saturated heterocycles. The molecular weight excluding hydrogens is 314 g/mol. The van der Waals surface area contributed by atoms with Crippen LogP contribution >= 0.6 is 0 Å². The average Bonchev–Trinajstić information content (AvgIpc) is 2.90. The van der Waals surface area contributed by atoms with E-state index in [2.05, 4.69) is 11.5 Å². The van der Waals surface area contributed by atoms with Crippen LogP contribution in [0.3, 0.4) is 0 Å². The summed E-state index contributed by atoms with van der Waals surface area (Å²) in [5, 5.41) is 0.590. The SMILES string of the molecule is C=C/C=C(\C=C/C)c1cccc2c(=O)cc(N3CCCOCC3)oc12. The molecule has 0 atom stereocenters. The van der Waals surface area contributed by atoms with Gasteiger partial charge in [0.1, 0.15) is 5.58 Å². The number of benzene rings is 1. The molecule has 0 bridgehead atoms. The van der Waals surface area contributed by atoms with E-state index < -0.39 is 0 Å². The van der Waals surface area contributed by atoms with Crippen molar-refractivity contribution in [2.24, 2.45) is 0 Å². The van der Waals surface area contributed by atoms with Crippen LogP contribution in [0.4, 0.5) is 5.88 Å². The molecule has 0 N–H and O–H groups in total. The van der Waals surface area contributed by atoms with Crippen LogP contribution in [0.25, 0.3) is 16.5 Å². The summed E-state index contributed by atoms with van der Waals surface area (Å²) in [5.41, 5.74) is 2.44. The average molecular weight is 337 g/mol. The first-order chi connectivity index (χ1) is 12.2. The van der Waals surface area contributed by atoms with Gasteiger partial charge in [-0.2, -0.15) is 0 Å². The van der Waals surface area contributed by atoms with Gasteiger partial charge < -0.3 is 14.1 Å². The number of ether oxygens (including phenoxy) is 1. The van der Waals surface area contributed by atoms with Crippen LogP contribution in [0.1, 0.15) is 18.9 Å². The summed E-state index contributed by atoms with van der Waals surface area (Å²) in [6, 6.07) is 7.25. The summed E-state index contributed by atoms with van der Waals surface area (Å²) in [4.78, 5) is 14.7. The Bertz CT molecular complexity index is 868. The second-order valence-electron chi connectivity index (χ2n) is 5.94. The summed E-state index contributed by atoms with van der Waals surface area (Å²) in [5.74, 6) is 0.605. The monoisotopic (exact) mass is 337 g/mol. The van der Waals surface area contributed by atoms with Crippen molar-refractivity contribution in [1.29, 1.82) is 0 Å². The second-order valence-corrected chi connectivity index (χ2v) is 5.94. The quantitative estimate of drug-likeness (QED) is 0.786. The van der Waals surface area contributed by atoms with Crippen LogP contribution in [0.5, 0.6) is 0 Å². The number of para-hydroxylation sites is 1. The summed E-state index contributed by atoms with van der Waals surface area (Å²) >= 11 is 0. The Balaban J connectivity index is 2.17. The van der Waals surface area contributed by atoms with Gasteiger partial charge in [-0.05, 0) is 25.0 Å². The van der Waals surface area contributed by atoms with Gasteiger partial charge in [-0.1, -0.05) is 43.0 Å². The van der Waals surface area contributed by atoms with Crippen LogP contribution in [0.2, 0.25) is 0 Å². The molecule has 0 aliphatic carbocycles. The standard InChI is InChI=1S/C21H23NO3/c1-3-7-16(8-4-2)17-9-5-10-18-19(23)15-20(25-21(17)18)22-11-6-13-24-14-12-22/h3-5,7-10,15H,1,6,11-14H2,2H3/b8-4-,16-7+. The molecule has 25 heavy (non-hydrogen) atoms. The molecule has 4 heteroatoms. The lowest BCUT2D eigenvalue weighted by Gasteiger charge is -2.20. The Morgan fingerprint density at radius 3 is 2.96 bits per heavy atom. The summed E-state index contributed by atoms with van der Waals surface area (Å²) in [6.07, 6.45) is 8.53. The first-order valence-corrected chi connectivity index (χ1v) is 8.60. The number of hydrogen-bond acceptors (Lipinski definition) is 4. The second kappa shape index (κ2) is 7.99. The zero-order chi connectivity index (χ0) is 17.6. The lowest BCUT2D eigenvalue weighted by molar-refractivity contribution is 0.152. The van der Waals surface area contributed by atoms with Gasteiger partial charge in [-0.15, -0.1) is 0 Å². The third-order valence-electron chi connectivity index (χ3n) is 4.23. The van der Waals surface area contributed by atoms with Gasteiger partial charge in [0, 0.05) is 31.3 Å². The van der Waals surface area contributed by atoms with E-state index in [1.165, 1.54) is 0 Å². The van der Waals surface area contributed by atoms with Gasteiger partial charge in [-0.3, -0.25) is 4.79 Å². The smallest absolute Gasteiger partial charge is 0.200 e. The number of rotatable bonds is 4.